The zero-order valence-electron chi connectivity index (χ0n) is 14.7. The van der Waals surface area contributed by atoms with E-state index >= 15 is 0 Å². The molecule has 1 rings (SSSR count). The van der Waals surface area contributed by atoms with Crippen molar-refractivity contribution in [1.29, 1.82) is 0 Å². The topological polar surface area (TPSA) is 95.5 Å². The molecule has 3 N–H and O–H groups in total. The Bertz CT molecular complexity index is 700. The number of hydrogen-bond acceptors (Lipinski definition) is 3. The molecule has 0 aliphatic heterocycles. The monoisotopic (exact) mass is 374 g/mol. The second-order valence-corrected chi connectivity index (χ2v) is 6.79. The number of alkyl halides is 3. The predicted molar refractivity (Wildman–Crippen MR) is 88.8 cm³/mol. The van der Waals surface area contributed by atoms with Gasteiger partial charge in [-0.05, 0) is 30.0 Å². The first kappa shape index (κ1) is 21.5. The Labute approximate surface area is 148 Å². The van der Waals surface area contributed by atoms with Crippen molar-refractivity contribution >= 4 is 23.5 Å². The average molecular weight is 374 g/mol. The number of halogens is 3. The van der Waals surface area contributed by atoms with Gasteiger partial charge in [0.15, 0.2) is 0 Å². The molecular formula is C17H21F3N2O4. The van der Waals surface area contributed by atoms with Gasteiger partial charge >= 0.3 is 12.1 Å². The lowest BCUT2D eigenvalue weighted by Crippen LogP contribution is -2.33. The number of carboxylic acid groups (broad SMARTS) is 1. The number of carbonyl (C=O) groups is 3. The van der Waals surface area contributed by atoms with Gasteiger partial charge in [0.2, 0.25) is 5.91 Å². The molecule has 144 valence electrons. The maximum Gasteiger partial charge on any atom is 0.405 e. The minimum Gasteiger partial charge on any atom is -0.481 e. The Balaban J connectivity index is 2.82. The number of hydrogen-bond donors (Lipinski definition) is 3. The second kappa shape index (κ2) is 8.20. The van der Waals surface area contributed by atoms with Gasteiger partial charge in [-0.15, -0.1) is 0 Å². The molecule has 9 heteroatoms. The van der Waals surface area contributed by atoms with Gasteiger partial charge in [-0.1, -0.05) is 19.9 Å². The molecule has 26 heavy (non-hydrogen) atoms. The molecule has 6 nitrogen and oxygen atoms in total. The molecule has 0 aromatic heterocycles. The van der Waals surface area contributed by atoms with Crippen LogP contribution in [0, 0.1) is 12.3 Å². The van der Waals surface area contributed by atoms with Crippen molar-refractivity contribution in [1.82, 2.24) is 5.32 Å². The summed E-state index contributed by atoms with van der Waals surface area (Å²) in [7, 11) is 0. The molecule has 0 aliphatic rings. The van der Waals surface area contributed by atoms with Gasteiger partial charge in [-0.2, -0.15) is 13.2 Å². The molecule has 0 fully saturated rings. The lowest BCUT2D eigenvalue weighted by Gasteiger charge is -2.22. The average Bonchev–Trinajstić information content (AvgIpc) is 2.44. The molecule has 1 aromatic rings. The molecule has 0 radical (unpaired) electrons. The van der Waals surface area contributed by atoms with Crippen molar-refractivity contribution in [2.45, 2.75) is 39.8 Å². The van der Waals surface area contributed by atoms with E-state index in [9.17, 15) is 27.6 Å². The molecular weight excluding hydrogens is 353 g/mol. The Hall–Kier alpha value is -2.58. The number of carbonyl (C=O) groups excluding carboxylic acids is 2. The van der Waals surface area contributed by atoms with E-state index in [0.717, 1.165) is 0 Å². The third kappa shape index (κ3) is 7.54. The molecule has 0 heterocycles. The van der Waals surface area contributed by atoms with Crippen LogP contribution in [0.15, 0.2) is 18.2 Å². The van der Waals surface area contributed by atoms with Gasteiger partial charge in [0.25, 0.3) is 5.91 Å². The van der Waals surface area contributed by atoms with E-state index in [1.807, 2.05) is 0 Å². The Morgan fingerprint density at radius 1 is 1.12 bits per heavy atom. The van der Waals surface area contributed by atoms with Crippen LogP contribution in [0.3, 0.4) is 0 Å². The highest BCUT2D eigenvalue weighted by molar-refractivity contribution is 5.98. The Morgan fingerprint density at radius 3 is 2.27 bits per heavy atom. The van der Waals surface area contributed by atoms with Crippen molar-refractivity contribution in [2.75, 3.05) is 11.9 Å². The van der Waals surface area contributed by atoms with Crippen LogP contribution >= 0.6 is 0 Å². The highest BCUT2D eigenvalue weighted by Gasteiger charge is 2.28. The van der Waals surface area contributed by atoms with Crippen molar-refractivity contribution in [3.05, 3.63) is 29.3 Å². The summed E-state index contributed by atoms with van der Waals surface area (Å²) in [6, 6.07) is 4.13. The van der Waals surface area contributed by atoms with Crippen LogP contribution in [0.2, 0.25) is 0 Å². The van der Waals surface area contributed by atoms with Crippen LogP contribution < -0.4 is 10.6 Å². The molecule has 2 amide bonds. The molecule has 0 saturated carbocycles. The minimum atomic E-state index is -4.52. The largest absolute Gasteiger partial charge is 0.481 e. The first-order valence-electron chi connectivity index (χ1n) is 7.76. The van der Waals surface area contributed by atoms with Crippen molar-refractivity contribution in [3.8, 4) is 0 Å². The van der Waals surface area contributed by atoms with E-state index in [0.29, 0.717) is 5.56 Å². The van der Waals surface area contributed by atoms with Gasteiger partial charge in [0.1, 0.15) is 6.54 Å². The molecule has 0 spiro atoms. The number of carboxylic acids is 1. The van der Waals surface area contributed by atoms with Crippen LogP contribution in [0.25, 0.3) is 0 Å². The zero-order valence-corrected chi connectivity index (χ0v) is 14.7. The van der Waals surface area contributed by atoms with Crippen molar-refractivity contribution < 1.29 is 32.7 Å². The number of aryl methyl sites for hydroxylation is 1. The first-order valence-corrected chi connectivity index (χ1v) is 7.76. The first-order chi connectivity index (χ1) is 11.8. The van der Waals surface area contributed by atoms with Gasteiger partial charge in [0.05, 0.1) is 6.42 Å². The van der Waals surface area contributed by atoms with Crippen LogP contribution in [0.5, 0.6) is 0 Å². The molecule has 1 aromatic carbocycles. The van der Waals surface area contributed by atoms with E-state index in [2.05, 4.69) is 5.32 Å². The second-order valence-electron chi connectivity index (χ2n) is 6.79. The van der Waals surface area contributed by atoms with E-state index < -0.39 is 35.9 Å². The van der Waals surface area contributed by atoms with Gasteiger partial charge < -0.3 is 15.7 Å². The number of aliphatic carboxylic acids is 1. The van der Waals surface area contributed by atoms with E-state index in [-0.39, 0.29) is 24.1 Å². The van der Waals surface area contributed by atoms with Crippen LogP contribution in [-0.2, 0) is 9.59 Å². The summed E-state index contributed by atoms with van der Waals surface area (Å²) in [5, 5.41) is 13.2. The van der Waals surface area contributed by atoms with Crippen LogP contribution in [-0.4, -0.2) is 35.6 Å². The highest BCUT2D eigenvalue weighted by Crippen LogP contribution is 2.26. The predicted octanol–water partition coefficient (Wildman–Crippen LogP) is 3.12. The molecule has 0 bridgehead atoms. The lowest BCUT2D eigenvalue weighted by molar-refractivity contribution is -0.139. The minimum absolute atomic E-state index is 0.0278. The third-order valence-corrected chi connectivity index (χ3v) is 3.49. The lowest BCUT2D eigenvalue weighted by atomic mass is 9.85. The van der Waals surface area contributed by atoms with Crippen LogP contribution in [0.1, 0.15) is 42.6 Å². The summed E-state index contributed by atoms with van der Waals surface area (Å²) < 4.78 is 36.5. The maximum atomic E-state index is 12.2. The van der Waals surface area contributed by atoms with Gasteiger partial charge in [-0.3, -0.25) is 14.4 Å². The summed E-state index contributed by atoms with van der Waals surface area (Å²) in [5.41, 5.74) is 0.0911. The number of amides is 2. The number of benzene rings is 1. The molecule has 0 saturated heterocycles. The molecule has 0 atom stereocenters. The summed E-state index contributed by atoms with van der Waals surface area (Å²) in [4.78, 5) is 34.8. The smallest absolute Gasteiger partial charge is 0.405 e. The fourth-order valence-corrected chi connectivity index (χ4v) is 2.28. The Morgan fingerprint density at radius 2 is 1.73 bits per heavy atom. The van der Waals surface area contributed by atoms with E-state index in [4.69, 9.17) is 5.11 Å². The zero-order chi connectivity index (χ0) is 20.1. The van der Waals surface area contributed by atoms with Crippen LogP contribution in [0.4, 0.5) is 18.9 Å². The number of anilines is 1. The van der Waals surface area contributed by atoms with Crippen molar-refractivity contribution in [2.24, 2.45) is 5.41 Å². The van der Waals surface area contributed by atoms with Gasteiger partial charge in [-0.25, -0.2) is 0 Å². The summed E-state index contributed by atoms with van der Waals surface area (Å²) >= 11 is 0. The highest BCUT2D eigenvalue weighted by atomic mass is 19.4. The number of rotatable bonds is 7. The third-order valence-electron chi connectivity index (χ3n) is 3.49. The van der Waals surface area contributed by atoms with E-state index in [1.165, 1.54) is 18.2 Å². The fraction of sp³-hybridized carbons (Fsp3) is 0.471. The molecule has 0 aliphatic carbocycles. The SMILES string of the molecule is Cc1ccc(C(=O)NCC(F)(F)F)cc1NC(=O)CC(C)(C)CC(=O)O. The number of nitrogens with one attached hydrogen (secondary N) is 2. The Kier molecular flexibility index (Phi) is 6.77. The summed E-state index contributed by atoms with van der Waals surface area (Å²) in [5.74, 6) is -2.39. The quantitative estimate of drug-likeness (QED) is 0.683. The maximum absolute atomic E-state index is 12.2. The van der Waals surface area contributed by atoms with E-state index in [1.54, 1.807) is 26.1 Å². The summed E-state index contributed by atoms with van der Waals surface area (Å²) in [6.07, 6.45) is -4.78. The standard InChI is InChI=1S/C17H21F3N2O4/c1-10-4-5-11(15(26)21-9-17(18,19)20)6-12(10)22-13(23)7-16(2,3)8-14(24)25/h4-6H,7-9H2,1-3H3,(H,21,26)(H,22,23)(H,24,25). The fourth-order valence-electron chi connectivity index (χ4n) is 2.28. The van der Waals surface area contributed by atoms with Gasteiger partial charge in [0, 0.05) is 17.7 Å². The normalized spacial score (nSPS) is 11.8. The summed E-state index contributed by atoms with van der Waals surface area (Å²) in [6.45, 7) is 3.48. The van der Waals surface area contributed by atoms with Crippen molar-refractivity contribution in [3.63, 3.8) is 0 Å². The molecule has 0 unspecified atom stereocenters.